The molecule has 0 radical (unpaired) electrons. The van der Waals surface area contributed by atoms with Gasteiger partial charge in [-0.25, -0.2) is 4.39 Å². The zero-order valence-electron chi connectivity index (χ0n) is 12.6. The van der Waals surface area contributed by atoms with E-state index >= 15 is 0 Å². The van der Waals surface area contributed by atoms with Gasteiger partial charge in [-0.15, -0.1) is 0 Å². The summed E-state index contributed by atoms with van der Waals surface area (Å²) in [5.74, 6) is -0.0961. The Morgan fingerprint density at radius 2 is 2.00 bits per heavy atom. The highest BCUT2D eigenvalue weighted by Gasteiger charge is 2.38. The molecule has 0 saturated carbocycles. The van der Waals surface area contributed by atoms with Gasteiger partial charge >= 0.3 is 0 Å². The average molecular weight is 355 g/mol. The summed E-state index contributed by atoms with van der Waals surface area (Å²) >= 11 is 3.35. The first kappa shape index (κ1) is 15.3. The van der Waals surface area contributed by atoms with Gasteiger partial charge in [-0.05, 0) is 63.3 Å². The predicted octanol–water partition coefficient (Wildman–Crippen LogP) is 4.48. The molecule has 4 heteroatoms. The molecule has 116 valence electrons. The molecule has 2 fully saturated rings. The van der Waals surface area contributed by atoms with E-state index < -0.39 is 0 Å². The average Bonchev–Trinajstić information content (AvgIpc) is 2.44. The van der Waals surface area contributed by atoms with Crippen molar-refractivity contribution in [3.63, 3.8) is 0 Å². The highest BCUT2D eigenvalue weighted by Crippen LogP contribution is 2.39. The van der Waals surface area contributed by atoms with E-state index in [-0.39, 0.29) is 5.82 Å². The van der Waals surface area contributed by atoms with Crippen molar-refractivity contribution in [3.8, 4) is 0 Å². The Labute approximate surface area is 135 Å². The molecule has 2 nitrogen and oxygen atoms in total. The summed E-state index contributed by atoms with van der Waals surface area (Å²) in [6, 6.07) is 7.06. The minimum atomic E-state index is -0.0961. The van der Waals surface area contributed by atoms with Crippen molar-refractivity contribution in [2.45, 2.75) is 63.6 Å². The van der Waals surface area contributed by atoms with Gasteiger partial charge in [-0.2, -0.15) is 0 Å². The van der Waals surface area contributed by atoms with E-state index in [1.54, 1.807) is 6.07 Å². The zero-order valence-corrected chi connectivity index (χ0v) is 14.2. The van der Waals surface area contributed by atoms with Crippen LogP contribution in [0.2, 0.25) is 0 Å². The summed E-state index contributed by atoms with van der Waals surface area (Å²) in [5.41, 5.74) is 0.793. The van der Waals surface area contributed by atoms with E-state index in [4.69, 9.17) is 0 Å². The number of hydrogen-bond donors (Lipinski definition) is 1. The maximum absolute atomic E-state index is 14.4. The summed E-state index contributed by atoms with van der Waals surface area (Å²) in [5, 5.41) is 3.67. The summed E-state index contributed by atoms with van der Waals surface area (Å²) in [6.45, 7) is 3.30. The molecule has 1 aromatic rings. The lowest BCUT2D eigenvalue weighted by atomic mass is 9.81. The van der Waals surface area contributed by atoms with Gasteiger partial charge in [0, 0.05) is 22.6 Å². The number of anilines is 1. The van der Waals surface area contributed by atoms with Gasteiger partial charge in [0.2, 0.25) is 0 Å². The first-order valence-corrected chi connectivity index (χ1v) is 8.95. The lowest BCUT2D eigenvalue weighted by molar-refractivity contribution is 0.244. The van der Waals surface area contributed by atoms with Gasteiger partial charge in [0.25, 0.3) is 0 Å². The van der Waals surface area contributed by atoms with Gasteiger partial charge in [-0.1, -0.05) is 22.9 Å². The lowest BCUT2D eigenvalue weighted by Crippen LogP contribution is -2.56. The molecule has 2 heterocycles. The first-order valence-electron chi connectivity index (χ1n) is 8.15. The van der Waals surface area contributed by atoms with Gasteiger partial charge in [0.05, 0.1) is 5.69 Å². The maximum atomic E-state index is 14.4. The van der Waals surface area contributed by atoms with E-state index in [9.17, 15) is 4.39 Å². The van der Waals surface area contributed by atoms with Crippen LogP contribution in [0.25, 0.3) is 0 Å². The number of fused-ring (bicyclic) bond motifs is 2. The van der Waals surface area contributed by atoms with Crippen LogP contribution in [0.4, 0.5) is 10.1 Å². The maximum Gasteiger partial charge on any atom is 0.147 e. The van der Waals surface area contributed by atoms with Crippen LogP contribution in [-0.2, 0) is 0 Å². The third-order valence-electron chi connectivity index (χ3n) is 4.85. The minimum Gasteiger partial charge on any atom is -0.363 e. The van der Waals surface area contributed by atoms with E-state index in [0.29, 0.717) is 18.1 Å². The predicted molar refractivity (Wildman–Crippen MR) is 89.3 cm³/mol. The Balaban J connectivity index is 1.80. The molecule has 1 aromatic carbocycles. The lowest BCUT2D eigenvalue weighted by Gasteiger charge is -2.50. The SMILES string of the molecule is CCCNC1CC2CCCC(C1)N2c1ccc(Br)cc1F. The van der Waals surface area contributed by atoms with Crippen molar-refractivity contribution in [2.75, 3.05) is 11.4 Å². The number of hydrogen-bond acceptors (Lipinski definition) is 2. The van der Waals surface area contributed by atoms with Crippen molar-refractivity contribution in [1.82, 2.24) is 5.32 Å². The fourth-order valence-electron chi connectivity index (χ4n) is 3.98. The normalized spacial score (nSPS) is 28.7. The third-order valence-corrected chi connectivity index (χ3v) is 5.34. The Kier molecular flexibility index (Phi) is 4.85. The van der Waals surface area contributed by atoms with Crippen LogP contribution in [0.1, 0.15) is 45.4 Å². The van der Waals surface area contributed by atoms with Crippen LogP contribution >= 0.6 is 15.9 Å². The van der Waals surface area contributed by atoms with Crippen molar-refractivity contribution in [1.29, 1.82) is 0 Å². The van der Waals surface area contributed by atoms with Crippen LogP contribution < -0.4 is 10.2 Å². The van der Waals surface area contributed by atoms with Gasteiger partial charge in [-0.3, -0.25) is 0 Å². The number of halogens is 2. The van der Waals surface area contributed by atoms with E-state index in [1.165, 1.54) is 25.7 Å². The molecule has 2 atom stereocenters. The fraction of sp³-hybridized carbons (Fsp3) is 0.647. The van der Waals surface area contributed by atoms with Crippen molar-refractivity contribution in [2.24, 2.45) is 0 Å². The molecule has 21 heavy (non-hydrogen) atoms. The van der Waals surface area contributed by atoms with Crippen LogP contribution in [0, 0.1) is 5.82 Å². The molecule has 2 saturated heterocycles. The zero-order chi connectivity index (χ0) is 14.8. The summed E-state index contributed by atoms with van der Waals surface area (Å²) in [4.78, 5) is 2.37. The number of rotatable bonds is 4. The van der Waals surface area contributed by atoms with Gasteiger partial charge in [0.1, 0.15) is 5.82 Å². The molecule has 3 rings (SSSR count). The largest absolute Gasteiger partial charge is 0.363 e. The van der Waals surface area contributed by atoms with Gasteiger partial charge in [0.15, 0.2) is 0 Å². The molecule has 0 aliphatic carbocycles. The molecular formula is C17H24BrFN2. The Hall–Kier alpha value is -0.610. The molecule has 2 unspecified atom stereocenters. The number of benzene rings is 1. The van der Waals surface area contributed by atoms with Crippen molar-refractivity contribution >= 4 is 21.6 Å². The van der Waals surface area contributed by atoms with Crippen LogP contribution in [0.15, 0.2) is 22.7 Å². The summed E-state index contributed by atoms with van der Waals surface area (Å²) in [6.07, 6.45) is 7.13. The monoisotopic (exact) mass is 354 g/mol. The second-order valence-corrected chi connectivity index (χ2v) is 7.28. The quantitative estimate of drug-likeness (QED) is 0.857. The second-order valence-electron chi connectivity index (χ2n) is 6.36. The van der Waals surface area contributed by atoms with Crippen LogP contribution in [-0.4, -0.2) is 24.7 Å². The molecule has 0 aromatic heterocycles. The molecule has 2 aliphatic rings. The minimum absolute atomic E-state index is 0.0961. The van der Waals surface area contributed by atoms with Crippen molar-refractivity contribution < 1.29 is 4.39 Å². The number of piperidine rings is 2. The molecule has 0 amide bonds. The molecule has 0 spiro atoms. The molecule has 2 aliphatic heterocycles. The van der Waals surface area contributed by atoms with Crippen molar-refractivity contribution in [3.05, 3.63) is 28.5 Å². The first-order chi connectivity index (χ1) is 10.2. The Bertz CT molecular complexity index is 480. The Morgan fingerprint density at radius 3 is 2.62 bits per heavy atom. The fourth-order valence-corrected chi connectivity index (χ4v) is 4.31. The standard InChI is InChI=1S/C17H24BrFN2/c1-2-8-20-13-10-14-4-3-5-15(11-13)21(14)17-7-6-12(18)9-16(17)19/h6-7,9,13-15,20H,2-5,8,10-11H2,1H3. The molecule has 2 bridgehead atoms. The van der Waals surface area contributed by atoms with Crippen LogP contribution in [0.3, 0.4) is 0 Å². The van der Waals surface area contributed by atoms with E-state index in [2.05, 4.69) is 33.1 Å². The third kappa shape index (κ3) is 3.26. The molecular weight excluding hydrogens is 331 g/mol. The summed E-state index contributed by atoms with van der Waals surface area (Å²) < 4.78 is 15.2. The second kappa shape index (κ2) is 6.66. The van der Waals surface area contributed by atoms with Crippen LogP contribution in [0.5, 0.6) is 0 Å². The van der Waals surface area contributed by atoms with E-state index in [0.717, 1.165) is 29.5 Å². The number of nitrogens with one attached hydrogen (secondary N) is 1. The van der Waals surface area contributed by atoms with Gasteiger partial charge < -0.3 is 10.2 Å². The Morgan fingerprint density at radius 1 is 1.29 bits per heavy atom. The number of nitrogens with zero attached hydrogens (tertiary/aromatic N) is 1. The highest BCUT2D eigenvalue weighted by molar-refractivity contribution is 9.10. The summed E-state index contributed by atoms with van der Waals surface area (Å²) in [7, 11) is 0. The smallest absolute Gasteiger partial charge is 0.147 e. The van der Waals surface area contributed by atoms with E-state index in [1.807, 2.05) is 12.1 Å². The molecule has 1 N–H and O–H groups in total. The highest BCUT2D eigenvalue weighted by atomic mass is 79.9. The topological polar surface area (TPSA) is 15.3 Å².